The molecule has 1 aromatic carbocycles. The Bertz CT molecular complexity index is 1260. The minimum Gasteiger partial charge on any atom is -0.497 e. The highest BCUT2D eigenvalue weighted by Crippen LogP contribution is 2.24. The minimum atomic E-state index is -0.251. The molecule has 1 aliphatic carbocycles. The van der Waals surface area contributed by atoms with Crippen LogP contribution in [-0.4, -0.2) is 80.1 Å². The average Bonchev–Trinajstić information content (AvgIpc) is 3.29. The first-order valence-electron chi connectivity index (χ1n) is 13.0. The molecule has 0 atom stereocenters. The highest BCUT2D eigenvalue weighted by atomic mass is 19.1. The Balaban J connectivity index is 1.43. The normalized spacial score (nSPS) is 17.4. The number of piperazine rings is 1. The van der Waals surface area contributed by atoms with Gasteiger partial charge in [0.25, 0.3) is 0 Å². The summed E-state index contributed by atoms with van der Waals surface area (Å²) in [6.07, 6.45) is 12.5. The van der Waals surface area contributed by atoms with Crippen LogP contribution in [0.3, 0.4) is 0 Å². The molecule has 0 bridgehead atoms. The fourth-order valence-corrected chi connectivity index (χ4v) is 4.61. The van der Waals surface area contributed by atoms with Crippen molar-refractivity contribution in [2.45, 2.75) is 26.2 Å². The van der Waals surface area contributed by atoms with Gasteiger partial charge in [0, 0.05) is 62.9 Å². The van der Waals surface area contributed by atoms with Crippen LogP contribution in [0.5, 0.6) is 0 Å². The Labute approximate surface area is 224 Å². The molecular weight excluding hydrogens is 483 g/mol. The standard InChI is InChI=1S/C30H35FN4O3/c1-23-19-24(10-11-29(23)31)25-12-13-32-35(27(20-25)8-6-18-37-2)22-30(36)34-16-14-33(15-17-34)26-7-4-5-9-28(21-26)38-3/h5,7,9-11,19-21H,4,6,8,14-18,22H2,1-3H3. The lowest BCUT2D eigenvalue weighted by atomic mass is 10.0. The van der Waals surface area contributed by atoms with Gasteiger partial charge in [0.15, 0.2) is 0 Å². The number of aryl methyl sites for hydroxylation is 1. The first-order chi connectivity index (χ1) is 18.5. The van der Waals surface area contributed by atoms with Crippen LogP contribution < -0.4 is 0 Å². The lowest BCUT2D eigenvalue weighted by molar-refractivity contribution is -0.133. The maximum absolute atomic E-state index is 13.8. The van der Waals surface area contributed by atoms with Gasteiger partial charge in [-0.1, -0.05) is 18.2 Å². The quantitative estimate of drug-likeness (QED) is 0.358. The largest absolute Gasteiger partial charge is 0.497 e. The van der Waals surface area contributed by atoms with Crippen molar-refractivity contribution in [3.05, 3.63) is 88.4 Å². The molecule has 1 saturated heterocycles. The SMILES string of the molecule is COCCCC1=CC(c2ccc(F)c(C)c2)=C=C=NN1CC(=O)N1CCN(C2=CCC=CC(OC)=C2)CC1. The van der Waals surface area contributed by atoms with Gasteiger partial charge in [0.05, 0.1) is 13.0 Å². The molecule has 0 radical (unpaired) electrons. The van der Waals surface area contributed by atoms with E-state index in [-0.39, 0.29) is 18.3 Å². The summed E-state index contributed by atoms with van der Waals surface area (Å²) in [6, 6.07) is 4.96. The molecule has 3 aliphatic rings. The van der Waals surface area contributed by atoms with E-state index in [0.717, 1.165) is 54.2 Å². The van der Waals surface area contributed by atoms with Crippen LogP contribution in [0.1, 0.15) is 30.4 Å². The van der Waals surface area contributed by atoms with Crippen molar-refractivity contribution in [2.75, 3.05) is 53.6 Å². The van der Waals surface area contributed by atoms with E-state index in [1.165, 1.54) is 6.07 Å². The van der Waals surface area contributed by atoms with Crippen molar-refractivity contribution in [1.29, 1.82) is 0 Å². The molecule has 200 valence electrons. The van der Waals surface area contributed by atoms with E-state index < -0.39 is 0 Å². The van der Waals surface area contributed by atoms with Gasteiger partial charge in [-0.3, -0.25) is 9.80 Å². The third-order valence-electron chi connectivity index (χ3n) is 6.81. The molecule has 2 heterocycles. The van der Waals surface area contributed by atoms with Crippen molar-refractivity contribution in [1.82, 2.24) is 14.8 Å². The number of amides is 1. The van der Waals surface area contributed by atoms with Crippen LogP contribution in [0.25, 0.3) is 5.57 Å². The van der Waals surface area contributed by atoms with Crippen molar-refractivity contribution in [3.63, 3.8) is 0 Å². The predicted octanol–water partition coefficient (Wildman–Crippen LogP) is 4.40. The molecule has 4 rings (SSSR count). The van der Waals surface area contributed by atoms with E-state index >= 15 is 0 Å². The van der Waals surface area contributed by atoms with Crippen molar-refractivity contribution in [2.24, 2.45) is 5.10 Å². The first kappa shape index (κ1) is 27.2. The summed E-state index contributed by atoms with van der Waals surface area (Å²) >= 11 is 0. The van der Waals surface area contributed by atoms with E-state index in [2.05, 4.69) is 33.8 Å². The van der Waals surface area contributed by atoms with E-state index in [4.69, 9.17) is 9.47 Å². The lowest BCUT2D eigenvalue weighted by Crippen LogP contribution is -2.50. The molecule has 2 aliphatic heterocycles. The molecule has 38 heavy (non-hydrogen) atoms. The van der Waals surface area contributed by atoms with Crippen LogP contribution in [-0.2, 0) is 14.3 Å². The van der Waals surface area contributed by atoms with E-state index in [0.29, 0.717) is 31.7 Å². The van der Waals surface area contributed by atoms with Crippen LogP contribution in [0.2, 0.25) is 0 Å². The van der Waals surface area contributed by atoms with Crippen LogP contribution in [0.15, 0.2) is 76.6 Å². The Morgan fingerprint density at radius 2 is 1.97 bits per heavy atom. The smallest absolute Gasteiger partial charge is 0.244 e. The highest BCUT2D eigenvalue weighted by Gasteiger charge is 2.25. The van der Waals surface area contributed by atoms with Gasteiger partial charge in [-0.25, -0.2) is 4.39 Å². The summed E-state index contributed by atoms with van der Waals surface area (Å²) in [4.78, 5) is 17.5. The van der Waals surface area contributed by atoms with Crippen LogP contribution in [0, 0.1) is 12.7 Å². The Morgan fingerprint density at radius 1 is 1.16 bits per heavy atom. The summed E-state index contributed by atoms with van der Waals surface area (Å²) in [5, 5.41) is 6.13. The number of ether oxygens (including phenoxy) is 2. The second-order valence-corrected chi connectivity index (χ2v) is 9.39. The zero-order valence-electron chi connectivity index (χ0n) is 22.4. The number of benzene rings is 1. The molecule has 0 saturated carbocycles. The number of nitrogens with zero attached hydrogens (tertiary/aromatic N) is 4. The monoisotopic (exact) mass is 518 g/mol. The summed E-state index contributed by atoms with van der Waals surface area (Å²) in [6.45, 7) is 5.21. The summed E-state index contributed by atoms with van der Waals surface area (Å²) in [5.74, 6) is 3.44. The maximum atomic E-state index is 13.8. The number of hydrazone groups is 1. The number of carbonyl (C=O) groups excluding carboxylic acids is 1. The molecule has 1 amide bonds. The zero-order chi connectivity index (χ0) is 26.9. The van der Waals surface area contributed by atoms with Crippen LogP contribution >= 0.6 is 0 Å². The molecule has 1 fully saturated rings. The molecule has 0 aromatic heterocycles. The second-order valence-electron chi connectivity index (χ2n) is 9.39. The lowest BCUT2D eigenvalue weighted by Gasteiger charge is -2.37. The van der Waals surface area contributed by atoms with Crippen molar-refractivity contribution < 1.29 is 18.7 Å². The summed E-state index contributed by atoms with van der Waals surface area (Å²) < 4.78 is 24.5. The van der Waals surface area contributed by atoms with Gasteiger partial charge in [0.2, 0.25) is 5.91 Å². The summed E-state index contributed by atoms with van der Waals surface area (Å²) in [5.41, 5.74) is 7.21. The molecule has 0 spiro atoms. The topological polar surface area (TPSA) is 57.6 Å². The number of methoxy groups -OCH3 is 2. The number of hydrogen-bond donors (Lipinski definition) is 0. The van der Waals surface area contributed by atoms with E-state index in [1.54, 1.807) is 38.3 Å². The van der Waals surface area contributed by atoms with Gasteiger partial charge in [-0.15, -0.1) is 5.10 Å². The van der Waals surface area contributed by atoms with Crippen LogP contribution in [0.4, 0.5) is 4.39 Å². The summed E-state index contributed by atoms with van der Waals surface area (Å²) in [7, 11) is 3.34. The molecule has 0 unspecified atom stereocenters. The Morgan fingerprint density at radius 3 is 2.71 bits per heavy atom. The Hall–Kier alpha value is -3.83. The third-order valence-corrected chi connectivity index (χ3v) is 6.81. The second kappa shape index (κ2) is 13.1. The highest BCUT2D eigenvalue weighted by molar-refractivity contribution is 5.81. The van der Waals surface area contributed by atoms with Gasteiger partial charge in [-0.05, 0) is 67.3 Å². The van der Waals surface area contributed by atoms with Crippen molar-refractivity contribution in [3.8, 4) is 0 Å². The molecule has 0 N–H and O–H groups in total. The van der Waals surface area contributed by atoms with Gasteiger partial charge >= 0.3 is 0 Å². The van der Waals surface area contributed by atoms with Gasteiger partial charge in [0.1, 0.15) is 18.1 Å². The zero-order valence-corrected chi connectivity index (χ0v) is 22.4. The molecule has 1 aromatic rings. The molecule has 8 heteroatoms. The van der Waals surface area contributed by atoms with Gasteiger partial charge < -0.3 is 19.3 Å². The minimum absolute atomic E-state index is 0.0125. The number of halogens is 1. The van der Waals surface area contributed by atoms with E-state index in [9.17, 15) is 9.18 Å². The number of hydrogen-bond acceptors (Lipinski definition) is 6. The Kier molecular flexibility index (Phi) is 9.39. The molecule has 7 nitrogen and oxygen atoms in total. The number of rotatable bonds is 9. The number of carbonyl (C=O) groups is 1. The first-order valence-corrected chi connectivity index (χ1v) is 13.0. The predicted molar refractivity (Wildman–Crippen MR) is 146 cm³/mol. The fraction of sp³-hybridized carbons (Fsp3) is 0.400. The maximum Gasteiger partial charge on any atom is 0.244 e. The fourth-order valence-electron chi connectivity index (χ4n) is 4.61. The van der Waals surface area contributed by atoms with Crippen molar-refractivity contribution >= 4 is 17.4 Å². The van der Waals surface area contributed by atoms with Gasteiger partial charge in [-0.2, -0.15) is 0 Å². The third kappa shape index (κ3) is 6.93. The molecular formula is C30H35FN4O3. The number of allylic oxidation sites excluding steroid dienone is 7. The van der Waals surface area contributed by atoms with E-state index in [1.807, 2.05) is 23.1 Å². The average molecular weight is 519 g/mol.